The third kappa shape index (κ3) is 4.70. The summed E-state index contributed by atoms with van der Waals surface area (Å²) in [6.07, 6.45) is 7.63. The standard InChI is InChI=1S/C37H39N3O5/c1-3-24(2)29(23-41)40-33-36(44)39(28-17-16-26-13-7-8-14-27(26)21-28)20-10-18-37(33)32(35(40)43)31-30(45-37)15-9-19-38(34(31)42)22-25-11-5-4-6-12-25/h4-18,21,24,29-33,41H,3,19-20,22-23H2,1-2H3/t24-,29-,30+,31-,32-,33?,37-/m0/s1. The molecule has 45 heavy (non-hydrogen) atoms. The summed E-state index contributed by atoms with van der Waals surface area (Å²) < 4.78 is 6.83. The van der Waals surface area contributed by atoms with Gasteiger partial charge in [0.2, 0.25) is 11.8 Å². The Bertz CT molecular complexity index is 1690. The summed E-state index contributed by atoms with van der Waals surface area (Å²) in [5, 5.41) is 12.8. The van der Waals surface area contributed by atoms with Crippen LogP contribution in [0, 0.1) is 17.8 Å². The molecule has 7 rings (SSSR count). The van der Waals surface area contributed by atoms with Gasteiger partial charge in [-0.15, -0.1) is 0 Å². The van der Waals surface area contributed by atoms with E-state index in [1.165, 1.54) is 0 Å². The first-order chi connectivity index (χ1) is 21.9. The van der Waals surface area contributed by atoms with Gasteiger partial charge in [0.15, 0.2) is 0 Å². The van der Waals surface area contributed by atoms with Gasteiger partial charge in [-0.05, 0) is 34.4 Å². The first-order valence-corrected chi connectivity index (χ1v) is 16.0. The van der Waals surface area contributed by atoms with Gasteiger partial charge in [0.1, 0.15) is 11.6 Å². The number of hydrogen-bond donors (Lipinski definition) is 1. The normalized spacial score (nSPS) is 29.0. The van der Waals surface area contributed by atoms with Crippen molar-refractivity contribution >= 4 is 34.2 Å². The molecule has 1 unspecified atom stereocenters. The van der Waals surface area contributed by atoms with E-state index in [9.17, 15) is 19.5 Å². The lowest BCUT2D eigenvalue weighted by Gasteiger charge is -2.40. The predicted molar refractivity (Wildman–Crippen MR) is 172 cm³/mol. The van der Waals surface area contributed by atoms with Crippen LogP contribution in [0.5, 0.6) is 0 Å². The van der Waals surface area contributed by atoms with Crippen LogP contribution >= 0.6 is 0 Å². The van der Waals surface area contributed by atoms with Crippen LogP contribution in [0.25, 0.3) is 10.8 Å². The van der Waals surface area contributed by atoms with E-state index < -0.39 is 35.6 Å². The van der Waals surface area contributed by atoms with E-state index >= 15 is 0 Å². The van der Waals surface area contributed by atoms with Crippen molar-refractivity contribution in [1.29, 1.82) is 0 Å². The summed E-state index contributed by atoms with van der Waals surface area (Å²) in [5.74, 6) is -2.54. The Kier molecular flexibility index (Phi) is 7.58. The molecule has 0 aliphatic carbocycles. The number of hydrogen-bond acceptors (Lipinski definition) is 5. The van der Waals surface area contributed by atoms with E-state index in [1.807, 2.05) is 111 Å². The van der Waals surface area contributed by atoms with Crippen LogP contribution in [0.2, 0.25) is 0 Å². The molecular weight excluding hydrogens is 566 g/mol. The molecular formula is C37H39N3O5. The number of nitrogens with zero attached hydrogens (tertiary/aromatic N) is 3. The third-order valence-electron chi connectivity index (χ3n) is 10.3. The maximum Gasteiger partial charge on any atom is 0.253 e. The molecule has 8 nitrogen and oxygen atoms in total. The highest BCUT2D eigenvalue weighted by atomic mass is 16.5. The molecule has 2 fully saturated rings. The molecule has 1 spiro atoms. The Balaban J connectivity index is 1.32. The fraction of sp³-hybridized carbons (Fsp3) is 0.378. The van der Waals surface area contributed by atoms with Crippen LogP contribution in [0.4, 0.5) is 5.69 Å². The van der Waals surface area contributed by atoms with Crippen LogP contribution in [0.3, 0.4) is 0 Å². The smallest absolute Gasteiger partial charge is 0.253 e. The van der Waals surface area contributed by atoms with E-state index in [0.717, 1.165) is 22.0 Å². The monoisotopic (exact) mass is 605 g/mol. The minimum atomic E-state index is -1.36. The quantitative estimate of drug-likeness (QED) is 0.405. The Morgan fingerprint density at radius 3 is 2.42 bits per heavy atom. The first kappa shape index (κ1) is 29.4. The van der Waals surface area contributed by atoms with Crippen molar-refractivity contribution in [2.24, 2.45) is 17.8 Å². The minimum absolute atomic E-state index is 0.0842. The van der Waals surface area contributed by atoms with Gasteiger partial charge in [0.25, 0.3) is 5.91 Å². The van der Waals surface area contributed by atoms with Crippen molar-refractivity contribution in [1.82, 2.24) is 9.80 Å². The van der Waals surface area contributed by atoms with E-state index in [0.29, 0.717) is 26.1 Å². The topological polar surface area (TPSA) is 90.4 Å². The molecule has 232 valence electrons. The lowest BCUT2D eigenvalue weighted by Crippen LogP contribution is -2.59. The number of aliphatic hydroxyl groups is 1. The summed E-state index contributed by atoms with van der Waals surface area (Å²) in [4.78, 5) is 49.0. The Morgan fingerprint density at radius 2 is 1.67 bits per heavy atom. The predicted octanol–water partition coefficient (Wildman–Crippen LogP) is 4.33. The van der Waals surface area contributed by atoms with Crippen molar-refractivity contribution in [2.75, 3.05) is 24.6 Å². The molecule has 3 amide bonds. The van der Waals surface area contributed by atoms with Gasteiger partial charge in [0, 0.05) is 25.3 Å². The number of benzene rings is 3. The van der Waals surface area contributed by atoms with Gasteiger partial charge in [-0.3, -0.25) is 14.4 Å². The molecule has 0 radical (unpaired) electrons. The number of anilines is 1. The zero-order chi connectivity index (χ0) is 31.3. The van der Waals surface area contributed by atoms with Crippen LogP contribution in [0.15, 0.2) is 97.1 Å². The Labute approximate surface area is 263 Å². The highest BCUT2D eigenvalue weighted by Gasteiger charge is 2.72. The second-order valence-corrected chi connectivity index (χ2v) is 12.7. The van der Waals surface area contributed by atoms with Gasteiger partial charge in [-0.1, -0.05) is 105 Å². The highest BCUT2D eigenvalue weighted by molar-refractivity contribution is 6.06. The first-order valence-electron chi connectivity index (χ1n) is 16.0. The van der Waals surface area contributed by atoms with E-state index in [-0.39, 0.29) is 30.2 Å². The van der Waals surface area contributed by atoms with Crippen molar-refractivity contribution < 1.29 is 24.2 Å². The lowest BCUT2D eigenvalue weighted by atomic mass is 9.77. The third-order valence-corrected chi connectivity index (χ3v) is 10.3. The number of carbonyl (C=O) groups excluding carboxylic acids is 3. The van der Waals surface area contributed by atoms with Crippen LogP contribution in [-0.4, -0.2) is 76.1 Å². The van der Waals surface area contributed by atoms with Gasteiger partial charge in [0.05, 0.1) is 30.6 Å². The second-order valence-electron chi connectivity index (χ2n) is 12.7. The number of likely N-dealkylation sites (tertiary alicyclic amines) is 1. The summed E-state index contributed by atoms with van der Waals surface area (Å²) in [5.41, 5.74) is 0.361. The van der Waals surface area contributed by atoms with Crippen molar-refractivity contribution in [3.63, 3.8) is 0 Å². The molecule has 8 heteroatoms. The van der Waals surface area contributed by atoms with Crippen LogP contribution in [0.1, 0.15) is 25.8 Å². The summed E-state index contributed by atoms with van der Waals surface area (Å²) in [6.45, 7) is 4.80. The fourth-order valence-corrected chi connectivity index (χ4v) is 7.82. The molecule has 4 heterocycles. The van der Waals surface area contributed by atoms with Gasteiger partial charge in [-0.2, -0.15) is 0 Å². The zero-order valence-corrected chi connectivity index (χ0v) is 25.7. The average Bonchev–Trinajstić information content (AvgIpc) is 3.38. The number of aliphatic hydroxyl groups excluding tert-OH is 1. The zero-order valence-electron chi connectivity index (χ0n) is 25.7. The maximum atomic E-state index is 14.9. The van der Waals surface area contributed by atoms with E-state index in [4.69, 9.17) is 4.74 Å². The second kappa shape index (κ2) is 11.6. The molecule has 0 bridgehead atoms. The number of carbonyl (C=O) groups is 3. The highest BCUT2D eigenvalue weighted by Crippen LogP contribution is 2.54. The van der Waals surface area contributed by atoms with Gasteiger partial charge >= 0.3 is 0 Å². The number of amides is 3. The molecule has 4 aliphatic rings. The number of rotatable bonds is 7. The minimum Gasteiger partial charge on any atom is -0.394 e. The molecule has 0 aromatic heterocycles. The van der Waals surface area contributed by atoms with Crippen LogP contribution in [-0.2, 0) is 25.7 Å². The molecule has 7 atom stereocenters. The molecule has 3 aromatic rings. The van der Waals surface area contributed by atoms with Crippen molar-refractivity contribution in [3.8, 4) is 0 Å². The van der Waals surface area contributed by atoms with Crippen LogP contribution < -0.4 is 4.90 Å². The summed E-state index contributed by atoms with van der Waals surface area (Å²) in [7, 11) is 0. The maximum absolute atomic E-state index is 14.9. The van der Waals surface area contributed by atoms with Crippen molar-refractivity contribution in [3.05, 3.63) is 103 Å². The van der Waals surface area contributed by atoms with Crippen molar-refractivity contribution in [2.45, 2.75) is 50.6 Å². The van der Waals surface area contributed by atoms with E-state index in [1.54, 1.807) is 14.7 Å². The molecule has 2 saturated heterocycles. The Hall–Kier alpha value is -4.27. The largest absolute Gasteiger partial charge is 0.394 e. The van der Waals surface area contributed by atoms with Gasteiger partial charge < -0.3 is 24.5 Å². The molecule has 0 saturated carbocycles. The molecule has 1 N–H and O–H groups in total. The number of ether oxygens (including phenoxy) is 1. The number of fused-ring (bicyclic) bond motifs is 3. The molecule has 4 aliphatic heterocycles. The fourth-order valence-electron chi connectivity index (χ4n) is 7.82. The lowest BCUT2D eigenvalue weighted by molar-refractivity contribution is -0.148. The molecule has 3 aromatic carbocycles. The SMILES string of the molecule is CC[C@H](C)[C@H](CO)N1C(=O)[C@@H]2[C@H]3C(=O)N(Cc4ccccc4)CC=C[C@H]3O[C@@]23C=CCN(c2ccc4ccccc4c2)C(=O)C13. The van der Waals surface area contributed by atoms with E-state index in [2.05, 4.69) is 0 Å². The Morgan fingerprint density at radius 1 is 0.911 bits per heavy atom. The average molecular weight is 606 g/mol. The van der Waals surface area contributed by atoms with Gasteiger partial charge in [-0.25, -0.2) is 0 Å². The summed E-state index contributed by atoms with van der Waals surface area (Å²) in [6, 6.07) is 22.0. The summed E-state index contributed by atoms with van der Waals surface area (Å²) >= 11 is 0.